The lowest BCUT2D eigenvalue weighted by molar-refractivity contribution is 0.0766. The Morgan fingerprint density at radius 1 is 1.05 bits per heavy atom. The Balaban J connectivity index is 1.90. The van der Waals surface area contributed by atoms with Crippen molar-refractivity contribution in [2.45, 2.75) is 90.7 Å². The molecule has 1 heterocycles. The Kier molecular flexibility index (Phi) is 11.1. The van der Waals surface area contributed by atoms with Gasteiger partial charge in [0.15, 0.2) is 0 Å². The summed E-state index contributed by atoms with van der Waals surface area (Å²) in [4.78, 5) is 6.53. The Labute approximate surface area is 137 Å². The molecule has 0 saturated carbocycles. The van der Waals surface area contributed by atoms with Gasteiger partial charge in [-0.15, -0.1) is 0 Å². The van der Waals surface area contributed by atoms with Crippen molar-refractivity contribution in [2.24, 2.45) is 4.99 Å². The zero-order chi connectivity index (χ0) is 16.0. The van der Waals surface area contributed by atoms with Gasteiger partial charge in [0.05, 0.1) is 6.54 Å². The number of nitrogens with zero attached hydrogens (tertiary/aromatic N) is 2. The number of aliphatic imine (C=N–C) groups is 1. The van der Waals surface area contributed by atoms with Gasteiger partial charge < -0.3 is 10.0 Å². The lowest BCUT2D eigenvalue weighted by Crippen LogP contribution is -2.35. The van der Waals surface area contributed by atoms with Gasteiger partial charge in [-0.1, -0.05) is 51.2 Å². The smallest absolute Gasteiger partial charge is 0.125 e. The topological polar surface area (TPSA) is 35.8 Å². The average molecular weight is 309 g/mol. The number of hydrogen-bond donors (Lipinski definition) is 1. The SMILES string of the molecule is CCCCCC/C=C/CCCCCCC1=NCCN1C(C)O. The summed E-state index contributed by atoms with van der Waals surface area (Å²) in [5.74, 6) is 1.11. The molecule has 0 aromatic carbocycles. The zero-order valence-corrected chi connectivity index (χ0v) is 14.8. The predicted octanol–water partition coefficient (Wildman–Crippen LogP) is 4.91. The lowest BCUT2D eigenvalue weighted by Gasteiger charge is -2.23. The molecule has 1 N–H and O–H groups in total. The molecule has 3 heteroatoms. The summed E-state index contributed by atoms with van der Waals surface area (Å²) in [6, 6.07) is 0. The summed E-state index contributed by atoms with van der Waals surface area (Å²) in [6.45, 7) is 5.83. The maximum absolute atomic E-state index is 9.65. The summed E-state index contributed by atoms with van der Waals surface area (Å²) in [7, 11) is 0. The second kappa shape index (κ2) is 12.7. The zero-order valence-electron chi connectivity index (χ0n) is 14.8. The second-order valence-electron chi connectivity index (χ2n) is 6.40. The number of aliphatic hydroxyl groups is 1. The van der Waals surface area contributed by atoms with E-state index in [0.717, 1.165) is 25.3 Å². The molecule has 1 aliphatic rings. The maximum atomic E-state index is 9.65. The highest BCUT2D eigenvalue weighted by Crippen LogP contribution is 2.13. The minimum atomic E-state index is -0.385. The van der Waals surface area contributed by atoms with E-state index in [1.807, 2.05) is 11.8 Å². The van der Waals surface area contributed by atoms with Crippen LogP contribution in [0.25, 0.3) is 0 Å². The van der Waals surface area contributed by atoms with E-state index in [0.29, 0.717) is 0 Å². The molecule has 22 heavy (non-hydrogen) atoms. The fraction of sp³-hybridized carbons (Fsp3) is 0.842. The van der Waals surface area contributed by atoms with Gasteiger partial charge >= 0.3 is 0 Å². The van der Waals surface area contributed by atoms with Crippen molar-refractivity contribution in [3.05, 3.63) is 12.2 Å². The molecule has 0 aromatic heterocycles. The number of aliphatic hydroxyl groups excluding tert-OH is 1. The van der Waals surface area contributed by atoms with Gasteiger partial charge in [-0.25, -0.2) is 0 Å². The number of amidine groups is 1. The highest BCUT2D eigenvalue weighted by molar-refractivity contribution is 5.83. The molecule has 3 nitrogen and oxygen atoms in total. The van der Waals surface area contributed by atoms with Crippen LogP contribution in [-0.4, -0.2) is 35.2 Å². The van der Waals surface area contributed by atoms with Crippen molar-refractivity contribution >= 4 is 5.84 Å². The van der Waals surface area contributed by atoms with Crippen LogP contribution in [0.5, 0.6) is 0 Å². The Hall–Kier alpha value is -0.830. The molecule has 1 unspecified atom stereocenters. The van der Waals surface area contributed by atoms with E-state index in [1.165, 1.54) is 64.2 Å². The van der Waals surface area contributed by atoms with E-state index in [9.17, 15) is 5.11 Å². The largest absolute Gasteiger partial charge is 0.374 e. The van der Waals surface area contributed by atoms with Crippen LogP contribution in [0.15, 0.2) is 17.1 Å². The first-order valence-corrected chi connectivity index (χ1v) is 9.38. The fourth-order valence-electron chi connectivity index (χ4n) is 2.96. The molecule has 0 fully saturated rings. The predicted molar refractivity (Wildman–Crippen MR) is 96.3 cm³/mol. The number of allylic oxidation sites excluding steroid dienone is 2. The maximum Gasteiger partial charge on any atom is 0.125 e. The number of hydrogen-bond acceptors (Lipinski definition) is 3. The Bertz CT molecular complexity index is 323. The second-order valence-corrected chi connectivity index (χ2v) is 6.40. The van der Waals surface area contributed by atoms with E-state index in [-0.39, 0.29) is 6.23 Å². The normalized spacial score (nSPS) is 16.5. The van der Waals surface area contributed by atoms with Crippen LogP contribution in [0.3, 0.4) is 0 Å². The lowest BCUT2D eigenvalue weighted by atomic mass is 10.1. The van der Waals surface area contributed by atoms with Gasteiger partial charge in [0.25, 0.3) is 0 Å². The van der Waals surface area contributed by atoms with E-state index >= 15 is 0 Å². The number of unbranched alkanes of at least 4 members (excludes halogenated alkanes) is 8. The van der Waals surface area contributed by atoms with Gasteiger partial charge in [-0.2, -0.15) is 0 Å². The molecule has 1 atom stereocenters. The van der Waals surface area contributed by atoms with Crippen molar-refractivity contribution in [1.82, 2.24) is 4.90 Å². The monoisotopic (exact) mass is 308 g/mol. The molecule has 0 aliphatic carbocycles. The molecule has 0 spiro atoms. The summed E-state index contributed by atoms with van der Waals surface area (Å²) >= 11 is 0. The van der Waals surface area contributed by atoms with E-state index in [4.69, 9.17) is 0 Å². The summed E-state index contributed by atoms with van der Waals surface area (Å²) < 4.78 is 0. The molecular weight excluding hydrogens is 272 g/mol. The highest BCUT2D eigenvalue weighted by atomic mass is 16.3. The third-order valence-corrected chi connectivity index (χ3v) is 4.33. The minimum absolute atomic E-state index is 0.385. The molecular formula is C19H36N2O. The molecule has 0 radical (unpaired) electrons. The van der Waals surface area contributed by atoms with Gasteiger partial charge in [0.1, 0.15) is 12.1 Å². The Morgan fingerprint density at radius 3 is 2.32 bits per heavy atom. The van der Waals surface area contributed by atoms with Gasteiger partial charge in [-0.05, 0) is 39.0 Å². The van der Waals surface area contributed by atoms with Gasteiger partial charge in [0.2, 0.25) is 0 Å². The Morgan fingerprint density at radius 2 is 1.68 bits per heavy atom. The van der Waals surface area contributed by atoms with Gasteiger partial charge in [-0.3, -0.25) is 4.99 Å². The van der Waals surface area contributed by atoms with Crippen LogP contribution < -0.4 is 0 Å². The third-order valence-electron chi connectivity index (χ3n) is 4.33. The molecule has 0 bridgehead atoms. The van der Waals surface area contributed by atoms with Gasteiger partial charge in [0, 0.05) is 13.0 Å². The van der Waals surface area contributed by atoms with E-state index in [1.54, 1.807) is 0 Å². The van der Waals surface area contributed by atoms with Crippen molar-refractivity contribution < 1.29 is 5.11 Å². The van der Waals surface area contributed by atoms with Crippen LogP contribution in [0.2, 0.25) is 0 Å². The van der Waals surface area contributed by atoms with Crippen molar-refractivity contribution in [3.63, 3.8) is 0 Å². The number of rotatable bonds is 13. The van der Waals surface area contributed by atoms with Crippen LogP contribution in [0.4, 0.5) is 0 Å². The molecule has 0 saturated heterocycles. The van der Waals surface area contributed by atoms with Crippen molar-refractivity contribution in [2.75, 3.05) is 13.1 Å². The first kappa shape index (κ1) is 19.2. The highest BCUT2D eigenvalue weighted by Gasteiger charge is 2.19. The van der Waals surface area contributed by atoms with E-state index < -0.39 is 0 Å². The van der Waals surface area contributed by atoms with Crippen molar-refractivity contribution in [1.29, 1.82) is 0 Å². The summed E-state index contributed by atoms with van der Waals surface area (Å²) in [6.07, 6.45) is 18.4. The van der Waals surface area contributed by atoms with E-state index in [2.05, 4.69) is 24.1 Å². The first-order valence-electron chi connectivity index (χ1n) is 9.38. The standard InChI is InChI=1S/C19H36N2O/c1-3-4-5-6-7-8-9-10-11-12-13-14-15-19-20-16-17-21(19)18(2)22/h8-9,18,22H,3-7,10-17H2,1-2H3/b9-8+. The van der Waals surface area contributed by atoms with Crippen LogP contribution >= 0.6 is 0 Å². The third kappa shape index (κ3) is 8.57. The van der Waals surface area contributed by atoms with Crippen molar-refractivity contribution in [3.8, 4) is 0 Å². The molecule has 0 amide bonds. The molecule has 0 aromatic rings. The average Bonchev–Trinajstić information content (AvgIpc) is 2.97. The quantitative estimate of drug-likeness (QED) is 0.388. The molecule has 1 aliphatic heterocycles. The molecule has 1 rings (SSSR count). The summed E-state index contributed by atoms with van der Waals surface area (Å²) in [5, 5.41) is 9.65. The molecule has 128 valence electrons. The van der Waals surface area contributed by atoms with Crippen LogP contribution in [0.1, 0.15) is 84.5 Å². The van der Waals surface area contributed by atoms with Crippen LogP contribution in [-0.2, 0) is 0 Å². The fourth-order valence-corrected chi connectivity index (χ4v) is 2.96. The van der Waals surface area contributed by atoms with Crippen LogP contribution in [0, 0.1) is 0 Å². The first-order chi connectivity index (χ1) is 10.8. The minimum Gasteiger partial charge on any atom is -0.374 e. The summed E-state index contributed by atoms with van der Waals surface area (Å²) in [5.41, 5.74) is 0.